The lowest BCUT2D eigenvalue weighted by Gasteiger charge is -2.10. The molecule has 104 valence electrons. The van der Waals surface area contributed by atoms with Crippen molar-refractivity contribution in [1.82, 2.24) is 5.32 Å². The molecule has 0 spiro atoms. The molecular formula is C15H21NO3. The minimum absolute atomic E-state index is 0.0861. The van der Waals surface area contributed by atoms with E-state index in [1.807, 2.05) is 18.2 Å². The summed E-state index contributed by atoms with van der Waals surface area (Å²) in [5.74, 6) is 0.956. The average molecular weight is 263 g/mol. The quantitative estimate of drug-likeness (QED) is 0.718. The monoisotopic (exact) mass is 263 g/mol. The van der Waals surface area contributed by atoms with Crippen molar-refractivity contribution in [2.24, 2.45) is 0 Å². The van der Waals surface area contributed by atoms with Gasteiger partial charge in [-0.2, -0.15) is 0 Å². The molecule has 0 saturated heterocycles. The van der Waals surface area contributed by atoms with Crippen LogP contribution >= 0.6 is 0 Å². The number of hydrogen-bond donors (Lipinski definition) is 2. The molecule has 1 atom stereocenters. The first-order valence-corrected chi connectivity index (χ1v) is 6.71. The largest absolute Gasteiger partial charge is 0.459 e. The lowest BCUT2D eigenvalue weighted by Crippen LogP contribution is -2.20. The average Bonchev–Trinajstić information content (AvgIpc) is 2.86. The number of fused-ring (bicyclic) bond motifs is 1. The van der Waals surface area contributed by atoms with Crippen molar-refractivity contribution in [2.45, 2.75) is 19.4 Å². The van der Waals surface area contributed by atoms with E-state index in [1.165, 1.54) is 0 Å². The number of benzene rings is 1. The smallest absolute Gasteiger partial charge is 0.134 e. The van der Waals surface area contributed by atoms with Gasteiger partial charge in [-0.1, -0.05) is 18.2 Å². The fourth-order valence-electron chi connectivity index (χ4n) is 1.98. The predicted octanol–water partition coefficient (Wildman–Crippen LogP) is 2.48. The second kappa shape index (κ2) is 7.28. The minimum atomic E-state index is 0.0861. The lowest BCUT2D eigenvalue weighted by molar-refractivity contribution is 0.0903. The van der Waals surface area contributed by atoms with Gasteiger partial charge in [-0.05, 0) is 32.0 Å². The van der Waals surface area contributed by atoms with E-state index in [9.17, 15) is 0 Å². The number of nitrogens with one attached hydrogen (secondary N) is 1. The van der Waals surface area contributed by atoms with E-state index >= 15 is 0 Å². The summed E-state index contributed by atoms with van der Waals surface area (Å²) < 4.78 is 11.0. The summed E-state index contributed by atoms with van der Waals surface area (Å²) in [5.41, 5.74) is 0.928. The van der Waals surface area contributed by atoms with Gasteiger partial charge >= 0.3 is 0 Å². The molecule has 0 fully saturated rings. The number of aliphatic hydroxyl groups is 1. The Kier molecular flexibility index (Phi) is 5.39. The molecule has 19 heavy (non-hydrogen) atoms. The molecule has 0 aliphatic carbocycles. The molecule has 1 unspecified atom stereocenters. The van der Waals surface area contributed by atoms with E-state index in [0.29, 0.717) is 13.2 Å². The summed E-state index contributed by atoms with van der Waals surface area (Å²) in [7, 11) is 0. The van der Waals surface area contributed by atoms with Crippen LogP contribution in [0.25, 0.3) is 11.0 Å². The van der Waals surface area contributed by atoms with E-state index in [4.69, 9.17) is 14.3 Å². The van der Waals surface area contributed by atoms with Gasteiger partial charge in [-0.25, -0.2) is 0 Å². The number of aliphatic hydroxyl groups excluding tert-OH is 1. The first kappa shape index (κ1) is 14.1. The Bertz CT molecular complexity index is 462. The molecule has 1 aromatic heterocycles. The molecule has 0 bridgehead atoms. The third-order valence-electron chi connectivity index (χ3n) is 3.02. The zero-order valence-electron chi connectivity index (χ0n) is 11.3. The van der Waals surface area contributed by atoms with E-state index < -0.39 is 0 Å². The van der Waals surface area contributed by atoms with Gasteiger partial charge < -0.3 is 19.6 Å². The molecule has 4 nitrogen and oxygen atoms in total. The van der Waals surface area contributed by atoms with Crippen molar-refractivity contribution >= 4 is 11.0 Å². The summed E-state index contributed by atoms with van der Waals surface area (Å²) in [4.78, 5) is 0. The van der Waals surface area contributed by atoms with Gasteiger partial charge in [-0.15, -0.1) is 0 Å². The maximum absolute atomic E-state index is 8.58. The maximum Gasteiger partial charge on any atom is 0.134 e. The number of ether oxygens (including phenoxy) is 1. The molecule has 2 rings (SSSR count). The van der Waals surface area contributed by atoms with E-state index in [0.717, 1.165) is 29.7 Å². The van der Waals surface area contributed by atoms with Crippen LogP contribution in [0.1, 0.15) is 25.1 Å². The Morgan fingerprint density at radius 2 is 2.16 bits per heavy atom. The van der Waals surface area contributed by atoms with Crippen LogP contribution in [0.4, 0.5) is 0 Å². The normalized spacial score (nSPS) is 12.9. The highest BCUT2D eigenvalue weighted by Gasteiger charge is 2.10. The highest BCUT2D eigenvalue weighted by molar-refractivity contribution is 5.77. The number of rotatable bonds is 8. The minimum Gasteiger partial charge on any atom is -0.459 e. The molecular weight excluding hydrogens is 242 g/mol. The second-order valence-electron chi connectivity index (χ2n) is 4.55. The lowest BCUT2D eigenvalue weighted by atomic mass is 10.2. The van der Waals surface area contributed by atoms with Crippen LogP contribution < -0.4 is 5.32 Å². The van der Waals surface area contributed by atoms with E-state index in [-0.39, 0.29) is 12.6 Å². The molecule has 2 N–H and O–H groups in total. The fourth-order valence-corrected chi connectivity index (χ4v) is 1.98. The van der Waals surface area contributed by atoms with Crippen LogP contribution in [-0.4, -0.2) is 31.5 Å². The van der Waals surface area contributed by atoms with Gasteiger partial charge in [0.15, 0.2) is 0 Å². The van der Waals surface area contributed by atoms with Crippen LogP contribution in [0.3, 0.4) is 0 Å². The van der Waals surface area contributed by atoms with Crippen LogP contribution in [0.15, 0.2) is 34.7 Å². The molecule has 0 aliphatic heterocycles. The van der Waals surface area contributed by atoms with E-state index in [1.54, 1.807) is 0 Å². The predicted molar refractivity (Wildman–Crippen MR) is 75.2 cm³/mol. The molecule has 2 aromatic rings. The maximum atomic E-state index is 8.58. The third kappa shape index (κ3) is 4.06. The zero-order chi connectivity index (χ0) is 13.5. The molecule has 1 heterocycles. The van der Waals surface area contributed by atoms with Gasteiger partial charge in [0.25, 0.3) is 0 Å². The Labute approximate surface area is 113 Å². The van der Waals surface area contributed by atoms with Crippen molar-refractivity contribution in [3.8, 4) is 0 Å². The van der Waals surface area contributed by atoms with Crippen molar-refractivity contribution in [3.63, 3.8) is 0 Å². The molecule has 0 saturated carbocycles. The fraction of sp³-hybridized carbons (Fsp3) is 0.467. The standard InChI is InChI=1S/C15H21NO3/c1-12(16-7-4-9-18-10-8-17)15-11-13-5-2-3-6-14(13)19-15/h2-3,5-6,11-12,16-17H,4,7-10H2,1H3. The molecule has 0 radical (unpaired) electrons. The van der Waals surface area contributed by atoms with Crippen LogP contribution in [0, 0.1) is 0 Å². The van der Waals surface area contributed by atoms with Crippen LogP contribution in [0.2, 0.25) is 0 Å². The SMILES string of the molecule is CC(NCCCOCCO)c1cc2ccccc2o1. The molecule has 0 amide bonds. The van der Waals surface area contributed by atoms with Gasteiger partial charge in [-0.3, -0.25) is 0 Å². The van der Waals surface area contributed by atoms with Gasteiger partial charge in [0, 0.05) is 12.0 Å². The Morgan fingerprint density at radius 1 is 1.32 bits per heavy atom. The number of hydrogen-bond acceptors (Lipinski definition) is 4. The Hall–Kier alpha value is -1.36. The molecule has 0 aliphatic rings. The summed E-state index contributed by atoms with van der Waals surface area (Å²) in [6.45, 7) is 4.12. The van der Waals surface area contributed by atoms with Crippen molar-refractivity contribution in [3.05, 3.63) is 36.1 Å². The van der Waals surface area contributed by atoms with Gasteiger partial charge in [0.2, 0.25) is 0 Å². The van der Waals surface area contributed by atoms with Crippen molar-refractivity contribution < 1.29 is 14.3 Å². The first-order valence-electron chi connectivity index (χ1n) is 6.71. The van der Waals surface area contributed by atoms with Gasteiger partial charge in [0.1, 0.15) is 11.3 Å². The summed E-state index contributed by atoms with van der Waals surface area (Å²) in [5, 5.41) is 13.1. The third-order valence-corrected chi connectivity index (χ3v) is 3.02. The summed E-state index contributed by atoms with van der Waals surface area (Å²) >= 11 is 0. The Balaban J connectivity index is 1.78. The second-order valence-corrected chi connectivity index (χ2v) is 4.55. The molecule has 4 heteroatoms. The number of para-hydroxylation sites is 1. The van der Waals surface area contributed by atoms with Crippen molar-refractivity contribution in [1.29, 1.82) is 0 Å². The van der Waals surface area contributed by atoms with Gasteiger partial charge in [0.05, 0.1) is 19.3 Å². The molecule has 1 aromatic carbocycles. The summed E-state index contributed by atoms with van der Waals surface area (Å²) in [6.07, 6.45) is 0.921. The van der Waals surface area contributed by atoms with E-state index in [2.05, 4.69) is 24.4 Å². The van der Waals surface area contributed by atoms with Crippen LogP contribution in [0.5, 0.6) is 0 Å². The highest BCUT2D eigenvalue weighted by atomic mass is 16.5. The van der Waals surface area contributed by atoms with Crippen LogP contribution in [-0.2, 0) is 4.74 Å². The topological polar surface area (TPSA) is 54.6 Å². The highest BCUT2D eigenvalue weighted by Crippen LogP contribution is 2.23. The number of furan rings is 1. The zero-order valence-corrected chi connectivity index (χ0v) is 11.3. The Morgan fingerprint density at radius 3 is 2.95 bits per heavy atom. The first-order chi connectivity index (χ1) is 9.31. The summed E-state index contributed by atoms with van der Waals surface area (Å²) in [6, 6.07) is 10.3. The van der Waals surface area contributed by atoms with Crippen molar-refractivity contribution in [2.75, 3.05) is 26.4 Å².